The molecular weight excluding hydrogens is 212 g/mol. The van der Waals surface area contributed by atoms with Gasteiger partial charge >= 0.3 is 0 Å². The molecule has 3 nitrogen and oxygen atoms in total. The summed E-state index contributed by atoms with van der Waals surface area (Å²) in [4.78, 5) is 2.51. The van der Waals surface area contributed by atoms with Gasteiger partial charge < -0.3 is 10.1 Å². The lowest BCUT2D eigenvalue weighted by atomic mass is 10.0. The first-order chi connectivity index (χ1) is 8.34. The van der Waals surface area contributed by atoms with Crippen LogP contribution in [0, 0.1) is 5.92 Å². The van der Waals surface area contributed by atoms with Gasteiger partial charge in [-0.3, -0.25) is 4.90 Å². The lowest BCUT2D eigenvalue weighted by Gasteiger charge is -2.29. The average molecular weight is 240 g/mol. The molecule has 0 bridgehead atoms. The van der Waals surface area contributed by atoms with Crippen LogP contribution in [0.3, 0.4) is 0 Å². The fourth-order valence-corrected chi connectivity index (χ4v) is 3.07. The van der Waals surface area contributed by atoms with Crippen LogP contribution in [0.25, 0.3) is 0 Å². The lowest BCUT2D eigenvalue weighted by Crippen LogP contribution is -2.44. The number of ether oxygens (including phenoxy) is 1. The Hall–Kier alpha value is -0.120. The highest BCUT2D eigenvalue weighted by atomic mass is 16.5. The van der Waals surface area contributed by atoms with Crippen molar-refractivity contribution in [3.05, 3.63) is 0 Å². The molecule has 2 aliphatic rings. The summed E-state index contributed by atoms with van der Waals surface area (Å²) < 4.78 is 5.37. The molecule has 0 amide bonds. The maximum Gasteiger partial charge on any atom is 0.0594 e. The molecular formula is C14H28N2O. The number of hydrogen-bond donors (Lipinski definition) is 1. The van der Waals surface area contributed by atoms with Gasteiger partial charge in [0.2, 0.25) is 0 Å². The summed E-state index contributed by atoms with van der Waals surface area (Å²) in [5.41, 5.74) is 0. The first-order valence-electron chi connectivity index (χ1n) is 7.38. The number of morpholine rings is 1. The zero-order valence-corrected chi connectivity index (χ0v) is 11.3. The van der Waals surface area contributed by atoms with E-state index < -0.39 is 0 Å². The van der Waals surface area contributed by atoms with Crippen molar-refractivity contribution in [2.75, 3.05) is 39.4 Å². The third-order valence-electron chi connectivity index (χ3n) is 4.16. The molecule has 3 heteroatoms. The van der Waals surface area contributed by atoms with E-state index in [9.17, 15) is 0 Å². The molecule has 0 aromatic rings. The highest BCUT2D eigenvalue weighted by Crippen LogP contribution is 2.26. The minimum atomic E-state index is 0.620. The molecule has 1 unspecified atom stereocenters. The van der Waals surface area contributed by atoms with E-state index in [4.69, 9.17) is 4.74 Å². The molecule has 0 radical (unpaired) electrons. The zero-order chi connectivity index (χ0) is 11.9. The van der Waals surface area contributed by atoms with Crippen molar-refractivity contribution in [1.82, 2.24) is 10.2 Å². The van der Waals surface area contributed by atoms with Crippen LogP contribution in [0.2, 0.25) is 0 Å². The van der Waals surface area contributed by atoms with Gasteiger partial charge in [0, 0.05) is 25.7 Å². The number of rotatable bonds is 6. The topological polar surface area (TPSA) is 24.5 Å². The number of nitrogens with one attached hydrogen (secondary N) is 1. The smallest absolute Gasteiger partial charge is 0.0594 e. The molecule has 1 atom stereocenters. The van der Waals surface area contributed by atoms with Crippen LogP contribution in [0.15, 0.2) is 0 Å². The van der Waals surface area contributed by atoms with Gasteiger partial charge in [-0.2, -0.15) is 0 Å². The highest BCUT2D eigenvalue weighted by Gasteiger charge is 2.16. The average Bonchev–Trinajstić information content (AvgIpc) is 2.83. The molecule has 0 aromatic carbocycles. The maximum absolute atomic E-state index is 5.37. The Balaban J connectivity index is 1.52. The molecule has 0 spiro atoms. The van der Waals surface area contributed by atoms with Gasteiger partial charge in [0.1, 0.15) is 0 Å². The second-order valence-corrected chi connectivity index (χ2v) is 5.71. The lowest BCUT2D eigenvalue weighted by molar-refractivity contribution is 0.0343. The van der Waals surface area contributed by atoms with E-state index in [1.165, 1.54) is 45.2 Å². The van der Waals surface area contributed by atoms with Crippen LogP contribution in [0.4, 0.5) is 0 Å². The molecule has 0 aromatic heterocycles. The highest BCUT2D eigenvalue weighted by molar-refractivity contribution is 4.72. The van der Waals surface area contributed by atoms with E-state index in [2.05, 4.69) is 17.1 Å². The fraction of sp³-hybridized carbons (Fsp3) is 1.00. The maximum atomic E-state index is 5.37. The van der Waals surface area contributed by atoms with Gasteiger partial charge in [-0.1, -0.05) is 25.7 Å². The van der Waals surface area contributed by atoms with Crippen LogP contribution in [-0.2, 0) is 4.74 Å². The van der Waals surface area contributed by atoms with E-state index in [0.717, 1.165) is 32.2 Å². The minimum Gasteiger partial charge on any atom is -0.379 e. The van der Waals surface area contributed by atoms with E-state index in [1.54, 1.807) is 0 Å². The summed E-state index contributed by atoms with van der Waals surface area (Å²) in [5.74, 6) is 1.01. The van der Waals surface area contributed by atoms with E-state index in [-0.39, 0.29) is 0 Å². The first kappa shape index (κ1) is 13.3. The van der Waals surface area contributed by atoms with Crippen LogP contribution >= 0.6 is 0 Å². The molecule has 1 aliphatic carbocycles. The van der Waals surface area contributed by atoms with Crippen molar-refractivity contribution in [3.63, 3.8) is 0 Å². The predicted molar refractivity (Wildman–Crippen MR) is 71.3 cm³/mol. The summed E-state index contributed by atoms with van der Waals surface area (Å²) in [5, 5.41) is 3.67. The second kappa shape index (κ2) is 7.34. The van der Waals surface area contributed by atoms with Crippen molar-refractivity contribution in [3.8, 4) is 0 Å². The predicted octanol–water partition coefficient (Wildman–Crippen LogP) is 1.88. The van der Waals surface area contributed by atoms with Gasteiger partial charge in [-0.15, -0.1) is 0 Å². The second-order valence-electron chi connectivity index (χ2n) is 5.71. The van der Waals surface area contributed by atoms with E-state index in [0.29, 0.717) is 6.04 Å². The Labute approximate surface area is 106 Å². The Bertz CT molecular complexity index is 198. The van der Waals surface area contributed by atoms with Gasteiger partial charge in [0.25, 0.3) is 0 Å². The fourth-order valence-electron chi connectivity index (χ4n) is 3.07. The Morgan fingerprint density at radius 1 is 1.24 bits per heavy atom. The number of nitrogens with zero attached hydrogens (tertiary/aromatic N) is 1. The molecule has 1 saturated heterocycles. The van der Waals surface area contributed by atoms with E-state index in [1.807, 2.05) is 0 Å². The molecule has 17 heavy (non-hydrogen) atoms. The third-order valence-corrected chi connectivity index (χ3v) is 4.16. The monoisotopic (exact) mass is 240 g/mol. The van der Waals surface area contributed by atoms with Gasteiger partial charge in [0.05, 0.1) is 13.2 Å². The Kier molecular flexibility index (Phi) is 5.75. The van der Waals surface area contributed by atoms with E-state index >= 15 is 0 Å². The quantitative estimate of drug-likeness (QED) is 0.767. The van der Waals surface area contributed by atoms with Crippen LogP contribution in [-0.4, -0.2) is 50.3 Å². The number of hydrogen-bond acceptors (Lipinski definition) is 3. The standard InChI is InChI=1S/C14H28N2O/c1-13(12-16-8-10-17-11-9-16)15-7-6-14-4-2-3-5-14/h13-15H,2-12H2,1H3. The summed E-state index contributed by atoms with van der Waals surface area (Å²) in [6.45, 7) is 8.72. The summed E-state index contributed by atoms with van der Waals surface area (Å²) in [6.07, 6.45) is 7.26. The van der Waals surface area contributed by atoms with Crippen molar-refractivity contribution < 1.29 is 4.74 Å². The third kappa shape index (κ3) is 4.94. The summed E-state index contributed by atoms with van der Waals surface area (Å²) >= 11 is 0. The van der Waals surface area contributed by atoms with Crippen molar-refractivity contribution in [1.29, 1.82) is 0 Å². The van der Waals surface area contributed by atoms with Gasteiger partial charge in [-0.05, 0) is 25.8 Å². The van der Waals surface area contributed by atoms with Crippen molar-refractivity contribution >= 4 is 0 Å². The largest absolute Gasteiger partial charge is 0.379 e. The molecule has 2 rings (SSSR count). The molecule has 1 heterocycles. The SMILES string of the molecule is CC(CN1CCOCC1)NCCC1CCCC1. The van der Waals surface area contributed by atoms with Crippen LogP contribution in [0.5, 0.6) is 0 Å². The van der Waals surface area contributed by atoms with Gasteiger partial charge in [0.15, 0.2) is 0 Å². The molecule has 1 aliphatic heterocycles. The summed E-state index contributed by atoms with van der Waals surface area (Å²) in [6, 6.07) is 0.620. The normalized spacial score (nSPS) is 25.2. The van der Waals surface area contributed by atoms with Crippen molar-refractivity contribution in [2.45, 2.75) is 45.1 Å². The van der Waals surface area contributed by atoms with Crippen LogP contribution in [0.1, 0.15) is 39.0 Å². The zero-order valence-electron chi connectivity index (χ0n) is 11.3. The first-order valence-corrected chi connectivity index (χ1v) is 7.38. The molecule has 1 N–H and O–H groups in total. The Morgan fingerprint density at radius 2 is 1.94 bits per heavy atom. The summed E-state index contributed by atoms with van der Waals surface area (Å²) in [7, 11) is 0. The van der Waals surface area contributed by atoms with Crippen molar-refractivity contribution in [2.24, 2.45) is 5.92 Å². The van der Waals surface area contributed by atoms with Gasteiger partial charge in [-0.25, -0.2) is 0 Å². The Morgan fingerprint density at radius 3 is 2.65 bits per heavy atom. The molecule has 100 valence electrons. The van der Waals surface area contributed by atoms with Crippen LogP contribution < -0.4 is 5.32 Å². The minimum absolute atomic E-state index is 0.620. The molecule has 2 fully saturated rings. The molecule has 1 saturated carbocycles.